The summed E-state index contributed by atoms with van der Waals surface area (Å²) in [5, 5.41) is 30.0. The molecule has 4 atom stereocenters. The molecule has 1 aliphatic rings. The minimum absolute atomic E-state index is 0.358. The van der Waals surface area contributed by atoms with E-state index in [0.717, 1.165) is 0 Å². The zero-order valence-corrected chi connectivity index (χ0v) is 5.86. The fourth-order valence-corrected chi connectivity index (χ4v) is 1.19. The highest BCUT2D eigenvalue weighted by atomic mass is 16.3. The van der Waals surface area contributed by atoms with Gasteiger partial charge in [-0.25, -0.2) is 0 Å². The van der Waals surface area contributed by atoms with Crippen LogP contribution in [-0.2, 0) is 0 Å². The van der Waals surface area contributed by atoms with Gasteiger partial charge < -0.3 is 20.6 Å². The fraction of sp³-hybridized carbons (Fsp3) is 1.00. The smallest absolute Gasteiger partial charge is 0.0989 e. The Hall–Kier alpha value is -0.160. The van der Waals surface area contributed by atoms with Crippen LogP contribution in [0, 0.1) is 0 Å². The van der Waals surface area contributed by atoms with Crippen LogP contribution in [0.2, 0.25) is 0 Å². The maximum absolute atomic E-state index is 9.16. The van der Waals surface area contributed by atoms with Gasteiger partial charge in [-0.1, -0.05) is 0 Å². The number of aliphatic hydroxyl groups excluding tert-OH is 3. The number of nitrogens with one attached hydrogen (secondary N) is 1. The molecule has 4 nitrogen and oxygen atoms in total. The molecule has 0 amide bonds. The summed E-state index contributed by atoms with van der Waals surface area (Å²) in [7, 11) is 0. The van der Waals surface area contributed by atoms with Crippen molar-refractivity contribution in [3.05, 3.63) is 0 Å². The third kappa shape index (κ3) is 1.29. The normalized spacial score (nSPS) is 43.8. The van der Waals surface area contributed by atoms with Crippen LogP contribution in [0.1, 0.15) is 6.92 Å². The van der Waals surface area contributed by atoms with Crippen LogP contribution in [-0.4, -0.2) is 46.2 Å². The van der Waals surface area contributed by atoms with Crippen LogP contribution in [0.3, 0.4) is 0 Å². The molecule has 0 unspecified atom stereocenters. The van der Waals surface area contributed by atoms with Crippen LogP contribution < -0.4 is 5.32 Å². The summed E-state index contributed by atoms with van der Waals surface area (Å²) < 4.78 is 0. The standard InChI is InChI=1S/C6H13NO3/c1-3(8)5-6(10)4(9)2-7-5/h3-10H,2H2,1H3/t3-,4-,5+,6-/m0/s1. The quantitative estimate of drug-likeness (QED) is 0.348. The zero-order valence-electron chi connectivity index (χ0n) is 5.86. The Bertz CT molecular complexity index is 118. The van der Waals surface area contributed by atoms with E-state index in [0.29, 0.717) is 6.54 Å². The van der Waals surface area contributed by atoms with Gasteiger partial charge in [0.2, 0.25) is 0 Å². The first-order valence-corrected chi connectivity index (χ1v) is 3.40. The van der Waals surface area contributed by atoms with Gasteiger partial charge in [0.1, 0.15) is 0 Å². The molecule has 0 radical (unpaired) electrons. The monoisotopic (exact) mass is 147 g/mol. The molecule has 0 aromatic carbocycles. The summed E-state index contributed by atoms with van der Waals surface area (Å²) >= 11 is 0. The lowest BCUT2D eigenvalue weighted by Crippen LogP contribution is -2.41. The molecule has 60 valence electrons. The van der Waals surface area contributed by atoms with E-state index in [-0.39, 0.29) is 6.04 Å². The summed E-state index contributed by atoms with van der Waals surface area (Å²) in [4.78, 5) is 0. The molecule has 4 heteroatoms. The van der Waals surface area contributed by atoms with Crippen molar-refractivity contribution in [1.29, 1.82) is 0 Å². The lowest BCUT2D eigenvalue weighted by Gasteiger charge is -2.18. The summed E-state index contributed by atoms with van der Waals surface area (Å²) in [6.07, 6.45) is -2.19. The molecule has 1 aliphatic heterocycles. The highest BCUT2D eigenvalue weighted by molar-refractivity contribution is 4.92. The molecule has 10 heavy (non-hydrogen) atoms. The molecule has 0 bridgehead atoms. The first-order valence-electron chi connectivity index (χ1n) is 3.40. The molecule has 1 saturated heterocycles. The van der Waals surface area contributed by atoms with Gasteiger partial charge in [0, 0.05) is 6.54 Å². The summed E-state index contributed by atoms with van der Waals surface area (Å²) in [5.41, 5.74) is 0. The van der Waals surface area contributed by atoms with Gasteiger partial charge in [-0.3, -0.25) is 0 Å². The van der Waals surface area contributed by atoms with Gasteiger partial charge >= 0.3 is 0 Å². The Balaban J connectivity index is 2.49. The van der Waals surface area contributed by atoms with Crippen molar-refractivity contribution in [3.63, 3.8) is 0 Å². The Labute approximate surface area is 59.5 Å². The van der Waals surface area contributed by atoms with Crippen molar-refractivity contribution in [2.45, 2.75) is 31.3 Å². The average molecular weight is 147 g/mol. The molecule has 1 rings (SSSR count). The van der Waals surface area contributed by atoms with Crippen LogP contribution in [0.4, 0.5) is 0 Å². The molecular weight excluding hydrogens is 134 g/mol. The zero-order chi connectivity index (χ0) is 7.72. The van der Waals surface area contributed by atoms with Crippen LogP contribution in [0.5, 0.6) is 0 Å². The van der Waals surface area contributed by atoms with E-state index in [1.165, 1.54) is 0 Å². The molecule has 1 fully saturated rings. The largest absolute Gasteiger partial charge is 0.392 e. The summed E-state index contributed by atoms with van der Waals surface area (Å²) in [6, 6.07) is -0.380. The molecule has 0 aliphatic carbocycles. The van der Waals surface area contributed by atoms with E-state index in [2.05, 4.69) is 5.32 Å². The molecule has 1 heterocycles. The second kappa shape index (κ2) is 2.84. The van der Waals surface area contributed by atoms with Crippen LogP contribution in [0.25, 0.3) is 0 Å². The van der Waals surface area contributed by atoms with Gasteiger partial charge in [0.25, 0.3) is 0 Å². The van der Waals surface area contributed by atoms with Crippen molar-refractivity contribution < 1.29 is 15.3 Å². The van der Waals surface area contributed by atoms with Gasteiger partial charge in [-0.2, -0.15) is 0 Å². The average Bonchev–Trinajstić information content (AvgIpc) is 2.14. The second-order valence-electron chi connectivity index (χ2n) is 2.73. The lowest BCUT2D eigenvalue weighted by molar-refractivity contribution is 0.0114. The van der Waals surface area contributed by atoms with E-state index in [1.54, 1.807) is 6.92 Å². The lowest BCUT2D eigenvalue weighted by atomic mass is 10.1. The Kier molecular flexibility index (Phi) is 2.25. The number of β-amino-alcohol motifs (C(OH)–C–C–N with tert-alkyl or cyclic N) is 1. The van der Waals surface area contributed by atoms with Gasteiger partial charge in [0.15, 0.2) is 0 Å². The Morgan fingerprint density at radius 2 is 2.10 bits per heavy atom. The first kappa shape index (κ1) is 7.94. The number of aliphatic hydroxyl groups is 3. The maximum atomic E-state index is 9.16. The number of rotatable bonds is 1. The summed E-state index contributed by atoms with van der Waals surface area (Å²) in [6.45, 7) is 1.94. The van der Waals surface area contributed by atoms with Gasteiger partial charge in [-0.05, 0) is 6.92 Å². The fourth-order valence-electron chi connectivity index (χ4n) is 1.19. The third-order valence-corrected chi connectivity index (χ3v) is 1.84. The van der Waals surface area contributed by atoms with E-state index >= 15 is 0 Å². The molecule has 0 saturated carbocycles. The van der Waals surface area contributed by atoms with E-state index < -0.39 is 18.3 Å². The SMILES string of the molecule is C[C@H](O)[C@H]1NC[C@H](O)[C@@H]1O. The minimum atomic E-state index is -0.833. The first-order chi connectivity index (χ1) is 4.63. The third-order valence-electron chi connectivity index (χ3n) is 1.84. The van der Waals surface area contributed by atoms with Crippen molar-refractivity contribution in [1.82, 2.24) is 5.32 Å². The van der Waals surface area contributed by atoms with Gasteiger partial charge in [-0.15, -0.1) is 0 Å². The Morgan fingerprint density at radius 1 is 1.50 bits per heavy atom. The predicted molar refractivity (Wildman–Crippen MR) is 35.5 cm³/mol. The minimum Gasteiger partial charge on any atom is -0.392 e. The molecule has 0 aromatic rings. The number of hydrogen-bond acceptors (Lipinski definition) is 4. The van der Waals surface area contributed by atoms with E-state index in [9.17, 15) is 0 Å². The highest BCUT2D eigenvalue weighted by Crippen LogP contribution is 2.10. The summed E-state index contributed by atoms with van der Waals surface area (Å²) in [5.74, 6) is 0. The van der Waals surface area contributed by atoms with Crippen LogP contribution >= 0.6 is 0 Å². The van der Waals surface area contributed by atoms with Crippen molar-refractivity contribution in [2.24, 2.45) is 0 Å². The molecule has 0 spiro atoms. The van der Waals surface area contributed by atoms with Gasteiger partial charge in [0.05, 0.1) is 24.4 Å². The Morgan fingerprint density at radius 3 is 2.30 bits per heavy atom. The second-order valence-corrected chi connectivity index (χ2v) is 2.73. The molecule has 0 aromatic heterocycles. The predicted octanol–water partition coefficient (Wildman–Crippen LogP) is -1.94. The molecule has 4 N–H and O–H groups in total. The van der Waals surface area contributed by atoms with Crippen molar-refractivity contribution in [3.8, 4) is 0 Å². The molecular formula is C6H13NO3. The van der Waals surface area contributed by atoms with Crippen molar-refractivity contribution in [2.75, 3.05) is 6.54 Å². The van der Waals surface area contributed by atoms with E-state index in [4.69, 9.17) is 15.3 Å². The number of hydrogen-bond donors (Lipinski definition) is 4. The van der Waals surface area contributed by atoms with Crippen LogP contribution in [0.15, 0.2) is 0 Å². The van der Waals surface area contributed by atoms with E-state index in [1.807, 2.05) is 0 Å². The topological polar surface area (TPSA) is 72.7 Å². The highest BCUT2D eigenvalue weighted by Gasteiger charge is 2.35. The maximum Gasteiger partial charge on any atom is 0.0989 e. The van der Waals surface area contributed by atoms with Crippen molar-refractivity contribution >= 4 is 0 Å².